The largest absolute Gasteiger partial charge is 0.465 e. The number of nitrogens with two attached hydrogens (primary N) is 2. The van der Waals surface area contributed by atoms with Crippen molar-refractivity contribution < 1.29 is 24.2 Å². The van der Waals surface area contributed by atoms with Crippen molar-refractivity contribution in [3.05, 3.63) is 42.5 Å². The van der Waals surface area contributed by atoms with Crippen molar-refractivity contribution in [3.8, 4) is 11.3 Å². The Morgan fingerprint density at radius 1 is 1.28 bits per heavy atom. The van der Waals surface area contributed by atoms with Crippen LogP contribution in [-0.2, 0) is 21.0 Å². The van der Waals surface area contributed by atoms with E-state index in [1.165, 1.54) is 12.3 Å². The summed E-state index contributed by atoms with van der Waals surface area (Å²) in [5.41, 5.74) is 13.0. The van der Waals surface area contributed by atoms with Crippen LogP contribution in [0.1, 0.15) is 38.9 Å². The lowest BCUT2D eigenvalue weighted by atomic mass is 10.0. The average Bonchev–Trinajstić information content (AvgIpc) is 3.12. The molecular weight excluding hydrogens is 478 g/mol. The van der Waals surface area contributed by atoms with Gasteiger partial charge in [-0.25, -0.2) is 9.78 Å². The Kier molecular flexibility index (Phi) is 9.71. The number of esters is 1. The van der Waals surface area contributed by atoms with Crippen LogP contribution in [0, 0.1) is 0 Å². The molecule has 0 spiro atoms. The minimum absolute atomic E-state index is 0.205. The summed E-state index contributed by atoms with van der Waals surface area (Å²) in [7, 11) is -1.28. The molecule has 6 N–H and O–H groups in total. The number of benzene rings is 1. The van der Waals surface area contributed by atoms with Gasteiger partial charge in [-0.1, -0.05) is 25.7 Å². The first kappa shape index (κ1) is 28.9. The van der Waals surface area contributed by atoms with Crippen molar-refractivity contribution in [2.75, 3.05) is 17.7 Å². The maximum absolute atomic E-state index is 13.2. The van der Waals surface area contributed by atoms with E-state index in [0.717, 1.165) is 6.04 Å². The van der Waals surface area contributed by atoms with Crippen molar-refractivity contribution in [1.82, 2.24) is 9.55 Å². The van der Waals surface area contributed by atoms with Crippen molar-refractivity contribution >= 4 is 31.5 Å². The van der Waals surface area contributed by atoms with E-state index in [-0.39, 0.29) is 6.73 Å². The highest BCUT2D eigenvalue weighted by Crippen LogP contribution is 2.32. The standard InChI is InChI=1S/C25H39N5O5Si/c1-25(2,3)35-23(31)19(8-7-11-26)22-29-21(15-30(22)16-34-12-13-36(4,5)6)18-10-9-17(14-20(18)27)28-24(32)33/h7,9-11,14-15,19,28H,8,12-13,16,26-27H2,1-6H3,(H,32,33). The van der Waals surface area contributed by atoms with Crippen molar-refractivity contribution in [1.29, 1.82) is 0 Å². The second-order valence-electron chi connectivity index (χ2n) is 10.8. The van der Waals surface area contributed by atoms with Gasteiger partial charge in [-0.2, -0.15) is 0 Å². The Morgan fingerprint density at radius 2 is 1.97 bits per heavy atom. The fourth-order valence-corrected chi connectivity index (χ4v) is 4.13. The fraction of sp³-hybridized carbons (Fsp3) is 0.480. The summed E-state index contributed by atoms with van der Waals surface area (Å²) in [6.45, 7) is 13.1. The number of amides is 1. The minimum Gasteiger partial charge on any atom is -0.465 e. The number of aromatic nitrogens is 2. The zero-order valence-corrected chi connectivity index (χ0v) is 23.0. The van der Waals surface area contributed by atoms with Crippen LogP contribution in [0.3, 0.4) is 0 Å². The molecule has 11 heteroatoms. The first-order valence-electron chi connectivity index (χ1n) is 11.8. The smallest absolute Gasteiger partial charge is 0.409 e. The Labute approximate surface area is 213 Å². The molecule has 0 bridgehead atoms. The van der Waals surface area contributed by atoms with Gasteiger partial charge in [0.15, 0.2) is 0 Å². The lowest BCUT2D eigenvalue weighted by molar-refractivity contribution is -0.157. The first-order valence-corrected chi connectivity index (χ1v) is 15.5. The summed E-state index contributed by atoms with van der Waals surface area (Å²) in [6, 6.07) is 5.81. The van der Waals surface area contributed by atoms with Crippen LogP contribution in [-0.4, -0.2) is 47.0 Å². The highest BCUT2D eigenvalue weighted by atomic mass is 28.3. The van der Waals surface area contributed by atoms with Gasteiger partial charge in [0.05, 0.1) is 5.69 Å². The lowest BCUT2D eigenvalue weighted by Gasteiger charge is -2.24. The number of carboxylic acid groups (broad SMARTS) is 1. The number of ether oxygens (including phenoxy) is 2. The molecule has 0 aliphatic carbocycles. The summed E-state index contributed by atoms with van der Waals surface area (Å²) in [5.74, 6) is -0.667. The first-order chi connectivity index (χ1) is 16.7. The fourth-order valence-electron chi connectivity index (χ4n) is 3.37. The molecule has 10 nitrogen and oxygen atoms in total. The zero-order chi connectivity index (χ0) is 27.1. The summed E-state index contributed by atoms with van der Waals surface area (Å²) in [5, 5.41) is 11.2. The van der Waals surface area contributed by atoms with Gasteiger partial charge in [0, 0.05) is 37.8 Å². The quantitative estimate of drug-likeness (QED) is 0.143. The Hall–Kier alpha value is -3.31. The Morgan fingerprint density at radius 3 is 2.53 bits per heavy atom. The number of carbonyl (C=O) groups excluding carboxylic acids is 1. The molecule has 1 atom stereocenters. The van der Waals surface area contributed by atoms with E-state index in [0.29, 0.717) is 41.5 Å². The van der Waals surface area contributed by atoms with Crippen LogP contribution in [0.4, 0.5) is 16.2 Å². The molecule has 1 heterocycles. The van der Waals surface area contributed by atoms with E-state index < -0.39 is 31.7 Å². The second-order valence-corrected chi connectivity index (χ2v) is 16.4. The molecule has 0 aliphatic rings. The second kappa shape index (κ2) is 12.1. The molecule has 0 saturated heterocycles. The Bertz CT molecular complexity index is 1090. The van der Waals surface area contributed by atoms with E-state index in [9.17, 15) is 9.59 Å². The number of hydrogen-bond acceptors (Lipinski definition) is 7. The van der Waals surface area contributed by atoms with Gasteiger partial charge >= 0.3 is 12.1 Å². The van der Waals surface area contributed by atoms with Gasteiger partial charge in [-0.3, -0.25) is 10.1 Å². The van der Waals surface area contributed by atoms with E-state index >= 15 is 0 Å². The Balaban J connectivity index is 2.48. The zero-order valence-electron chi connectivity index (χ0n) is 22.0. The summed E-state index contributed by atoms with van der Waals surface area (Å²) < 4.78 is 13.4. The molecule has 2 aromatic rings. The molecule has 0 saturated carbocycles. The number of nitrogens with one attached hydrogen (secondary N) is 1. The molecular formula is C25H39N5O5Si. The maximum Gasteiger partial charge on any atom is 0.409 e. The molecule has 0 radical (unpaired) electrons. The van der Waals surface area contributed by atoms with Crippen LogP contribution >= 0.6 is 0 Å². The molecule has 0 aliphatic heterocycles. The highest BCUT2D eigenvalue weighted by Gasteiger charge is 2.30. The van der Waals surface area contributed by atoms with E-state index in [1.807, 2.05) is 20.8 Å². The topological polar surface area (TPSA) is 155 Å². The molecule has 198 valence electrons. The predicted octanol–water partition coefficient (Wildman–Crippen LogP) is 4.82. The number of rotatable bonds is 11. The summed E-state index contributed by atoms with van der Waals surface area (Å²) in [6.07, 6.45) is 3.98. The number of anilines is 2. The van der Waals surface area contributed by atoms with E-state index in [4.69, 9.17) is 31.0 Å². The minimum atomic E-state index is -1.28. The van der Waals surface area contributed by atoms with Crippen molar-refractivity contribution in [3.63, 3.8) is 0 Å². The molecule has 1 unspecified atom stereocenters. The van der Waals surface area contributed by atoms with Crippen molar-refractivity contribution in [2.24, 2.45) is 5.73 Å². The van der Waals surface area contributed by atoms with Crippen molar-refractivity contribution in [2.45, 2.75) is 71.1 Å². The summed E-state index contributed by atoms with van der Waals surface area (Å²) >= 11 is 0. The van der Waals surface area contributed by atoms with Gasteiger partial charge in [-0.15, -0.1) is 0 Å². The van der Waals surface area contributed by atoms with Gasteiger partial charge in [-0.05, 0) is 57.6 Å². The SMILES string of the molecule is CC(C)(C)OC(=O)C(CC=CN)c1nc(-c2ccc(NC(=O)O)cc2N)cn1COCC[Si](C)(C)C. The monoisotopic (exact) mass is 517 g/mol. The molecule has 2 rings (SSSR count). The number of nitrogens with zero attached hydrogens (tertiary/aromatic N) is 2. The van der Waals surface area contributed by atoms with Gasteiger partial charge in [0.1, 0.15) is 24.1 Å². The van der Waals surface area contributed by atoms with Gasteiger partial charge in [0.2, 0.25) is 0 Å². The third-order valence-electron chi connectivity index (χ3n) is 5.12. The van der Waals surface area contributed by atoms with Crippen LogP contribution < -0.4 is 16.8 Å². The number of allylic oxidation sites excluding steroid dienone is 1. The molecule has 1 aromatic carbocycles. The van der Waals surface area contributed by atoms with E-state index in [1.54, 1.807) is 29.0 Å². The lowest BCUT2D eigenvalue weighted by Crippen LogP contribution is -2.29. The average molecular weight is 518 g/mol. The number of imidazole rings is 1. The van der Waals surface area contributed by atoms with Gasteiger partial charge < -0.3 is 30.6 Å². The highest BCUT2D eigenvalue weighted by molar-refractivity contribution is 6.76. The number of hydrogen-bond donors (Lipinski definition) is 4. The molecule has 0 fully saturated rings. The molecule has 1 amide bonds. The predicted molar refractivity (Wildman–Crippen MR) is 144 cm³/mol. The van der Waals surface area contributed by atoms with Crippen LogP contribution in [0.2, 0.25) is 25.7 Å². The summed E-state index contributed by atoms with van der Waals surface area (Å²) in [4.78, 5) is 28.9. The van der Waals surface area contributed by atoms with Crippen LogP contribution in [0.15, 0.2) is 36.7 Å². The third-order valence-corrected chi connectivity index (χ3v) is 6.83. The van der Waals surface area contributed by atoms with Gasteiger partial charge in [0.25, 0.3) is 0 Å². The maximum atomic E-state index is 13.2. The number of nitrogen functional groups attached to an aromatic ring is 1. The third kappa shape index (κ3) is 9.04. The molecule has 1 aromatic heterocycles. The van der Waals surface area contributed by atoms with Crippen LogP contribution in [0.25, 0.3) is 11.3 Å². The molecule has 36 heavy (non-hydrogen) atoms. The van der Waals surface area contributed by atoms with Crippen LogP contribution in [0.5, 0.6) is 0 Å². The number of carbonyl (C=O) groups is 2. The van der Waals surface area contributed by atoms with E-state index in [2.05, 4.69) is 25.0 Å². The normalized spacial score (nSPS) is 13.1.